The van der Waals surface area contributed by atoms with Crippen LogP contribution in [-0.4, -0.2) is 23.1 Å². The third-order valence-corrected chi connectivity index (χ3v) is 4.77. The Balaban J connectivity index is 1.70. The van der Waals surface area contributed by atoms with Crippen molar-refractivity contribution in [3.63, 3.8) is 0 Å². The van der Waals surface area contributed by atoms with Crippen molar-refractivity contribution in [2.75, 3.05) is 5.32 Å². The summed E-state index contributed by atoms with van der Waals surface area (Å²) in [6, 6.07) is 17.0. The first-order chi connectivity index (χ1) is 12.4. The van der Waals surface area contributed by atoms with Crippen LogP contribution in [0.5, 0.6) is 0 Å². The Morgan fingerprint density at radius 3 is 2.54 bits per heavy atom. The lowest BCUT2D eigenvalue weighted by molar-refractivity contribution is -0.135. The maximum atomic E-state index is 12.8. The fraction of sp³-hybridized carbons (Fsp3) is 0.286. The van der Waals surface area contributed by atoms with Gasteiger partial charge in [-0.25, -0.2) is 0 Å². The number of aryl methyl sites for hydroxylation is 2. The Labute approximate surface area is 152 Å². The Morgan fingerprint density at radius 1 is 1.12 bits per heavy atom. The van der Waals surface area contributed by atoms with Crippen LogP contribution in [0.2, 0.25) is 0 Å². The van der Waals surface area contributed by atoms with Crippen LogP contribution in [0.1, 0.15) is 24.5 Å². The molecule has 0 spiro atoms. The van der Waals surface area contributed by atoms with Gasteiger partial charge in [0.2, 0.25) is 11.8 Å². The van der Waals surface area contributed by atoms with Crippen LogP contribution in [0.3, 0.4) is 0 Å². The van der Waals surface area contributed by atoms with Gasteiger partial charge in [-0.3, -0.25) is 14.4 Å². The van der Waals surface area contributed by atoms with E-state index in [1.54, 1.807) is 19.1 Å². The molecule has 2 aromatic carbocycles. The number of hydrogen-bond donors (Lipinski definition) is 2. The van der Waals surface area contributed by atoms with E-state index in [0.29, 0.717) is 18.5 Å². The summed E-state index contributed by atoms with van der Waals surface area (Å²) in [5, 5.41) is 5.41. The standard InChI is InChI=1S/C21H22N2O3/c1-14-7-6-10-16(13-14)22-19(25)17-18(24)21(2,23-20(17)26)12-11-15-8-4-3-5-9-15/h3-10,13,17H,11-12H2,1-2H3,(H,22,25)(H,23,26). The summed E-state index contributed by atoms with van der Waals surface area (Å²) in [4.78, 5) is 37.6. The van der Waals surface area contributed by atoms with Crippen molar-refractivity contribution >= 4 is 23.3 Å². The third kappa shape index (κ3) is 3.67. The zero-order valence-corrected chi connectivity index (χ0v) is 14.9. The molecule has 0 aromatic heterocycles. The summed E-state index contributed by atoms with van der Waals surface area (Å²) in [5.41, 5.74) is 1.62. The molecule has 2 atom stereocenters. The highest BCUT2D eigenvalue weighted by molar-refractivity contribution is 6.27. The highest BCUT2D eigenvalue weighted by atomic mass is 16.2. The minimum atomic E-state index is -1.31. The van der Waals surface area contributed by atoms with Gasteiger partial charge in [0, 0.05) is 5.69 Å². The van der Waals surface area contributed by atoms with Gasteiger partial charge in [-0.05, 0) is 49.9 Å². The lowest BCUT2D eigenvalue weighted by atomic mass is 9.87. The van der Waals surface area contributed by atoms with E-state index in [4.69, 9.17) is 0 Å². The maximum absolute atomic E-state index is 12.8. The summed E-state index contributed by atoms with van der Waals surface area (Å²) in [5.74, 6) is -2.79. The predicted molar refractivity (Wildman–Crippen MR) is 99.6 cm³/mol. The number of amides is 2. The Morgan fingerprint density at radius 2 is 1.85 bits per heavy atom. The molecule has 2 amide bonds. The Hall–Kier alpha value is -2.95. The van der Waals surface area contributed by atoms with Gasteiger partial charge in [0.15, 0.2) is 11.7 Å². The maximum Gasteiger partial charge on any atom is 0.244 e. The van der Waals surface area contributed by atoms with Crippen molar-refractivity contribution in [1.82, 2.24) is 5.32 Å². The molecule has 2 N–H and O–H groups in total. The molecule has 0 radical (unpaired) electrons. The molecule has 2 aromatic rings. The van der Waals surface area contributed by atoms with Gasteiger partial charge < -0.3 is 10.6 Å². The second-order valence-electron chi connectivity index (χ2n) is 6.96. The van der Waals surface area contributed by atoms with Gasteiger partial charge in [-0.1, -0.05) is 42.5 Å². The fourth-order valence-corrected chi connectivity index (χ4v) is 3.24. The molecule has 0 saturated carbocycles. The average molecular weight is 350 g/mol. The molecule has 1 fully saturated rings. The van der Waals surface area contributed by atoms with Crippen molar-refractivity contribution in [2.24, 2.45) is 5.92 Å². The molecule has 1 aliphatic heterocycles. The summed E-state index contributed by atoms with van der Waals surface area (Å²) in [6.07, 6.45) is 1.10. The van der Waals surface area contributed by atoms with E-state index in [1.807, 2.05) is 49.4 Å². The van der Waals surface area contributed by atoms with E-state index in [9.17, 15) is 14.4 Å². The molecule has 5 nitrogen and oxygen atoms in total. The van der Waals surface area contributed by atoms with Crippen LogP contribution in [0, 0.1) is 12.8 Å². The molecule has 1 aliphatic rings. The van der Waals surface area contributed by atoms with E-state index in [0.717, 1.165) is 11.1 Å². The van der Waals surface area contributed by atoms with Crippen molar-refractivity contribution in [2.45, 2.75) is 32.2 Å². The number of benzene rings is 2. The van der Waals surface area contributed by atoms with Crippen molar-refractivity contribution in [3.8, 4) is 0 Å². The van der Waals surface area contributed by atoms with E-state index in [-0.39, 0.29) is 5.78 Å². The number of hydrogen-bond acceptors (Lipinski definition) is 3. The number of carbonyl (C=O) groups is 3. The smallest absolute Gasteiger partial charge is 0.244 e. The minimum absolute atomic E-state index is 0.372. The number of ketones is 1. The largest absolute Gasteiger partial charge is 0.343 e. The van der Waals surface area contributed by atoms with Crippen LogP contribution < -0.4 is 10.6 Å². The molecule has 26 heavy (non-hydrogen) atoms. The Kier molecular flexibility index (Phi) is 4.89. The molecule has 1 heterocycles. The van der Waals surface area contributed by atoms with Gasteiger partial charge in [-0.15, -0.1) is 0 Å². The summed E-state index contributed by atoms with van der Waals surface area (Å²) >= 11 is 0. The molecular formula is C21H22N2O3. The van der Waals surface area contributed by atoms with Gasteiger partial charge in [-0.2, -0.15) is 0 Å². The van der Waals surface area contributed by atoms with Gasteiger partial charge in [0.05, 0.1) is 5.54 Å². The average Bonchev–Trinajstić information content (AvgIpc) is 2.83. The number of nitrogens with one attached hydrogen (secondary N) is 2. The van der Waals surface area contributed by atoms with Crippen LogP contribution >= 0.6 is 0 Å². The molecule has 2 unspecified atom stereocenters. The second-order valence-corrected chi connectivity index (χ2v) is 6.96. The van der Waals surface area contributed by atoms with Crippen molar-refractivity contribution < 1.29 is 14.4 Å². The first kappa shape index (κ1) is 17.9. The molecule has 134 valence electrons. The van der Waals surface area contributed by atoms with Crippen LogP contribution in [0.15, 0.2) is 54.6 Å². The van der Waals surface area contributed by atoms with E-state index in [2.05, 4.69) is 10.6 Å². The fourth-order valence-electron chi connectivity index (χ4n) is 3.24. The number of rotatable bonds is 5. The Bertz CT molecular complexity index is 847. The molecule has 0 aliphatic carbocycles. The summed E-state index contributed by atoms with van der Waals surface area (Å²) in [7, 11) is 0. The lowest BCUT2D eigenvalue weighted by Gasteiger charge is -2.22. The highest BCUT2D eigenvalue weighted by Gasteiger charge is 2.52. The van der Waals surface area contributed by atoms with Crippen LogP contribution in [0.4, 0.5) is 5.69 Å². The van der Waals surface area contributed by atoms with E-state index in [1.165, 1.54) is 0 Å². The van der Waals surface area contributed by atoms with Crippen LogP contribution in [0.25, 0.3) is 0 Å². The van der Waals surface area contributed by atoms with E-state index < -0.39 is 23.3 Å². The summed E-state index contributed by atoms with van der Waals surface area (Å²) < 4.78 is 0. The molecule has 1 saturated heterocycles. The molecule has 0 bridgehead atoms. The van der Waals surface area contributed by atoms with Crippen molar-refractivity contribution in [1.29, 1.82) is 0 Å². The van der Waals surface area contributed by atoms with Gasteiger partial charge >= 0.3 is 0 Å². The SMILES string of the molecule is Cc1cccc(NC(=O)C2C(=O)NC(C)(CCc3ccccc3)C2=O)c1. The molecular weight excluding hydrogens is 328 g/mol. The van der Waals surface area contributed by atoms with Gasteiger partial charge in [0.1, 0.15) is 0 Å². The number of carbonyl (C=O) groups excluding carboxylic acids is 3. The zero-order chi connectivity index (χ0) is 18.7. The lowest BCUT2D eigenvalue weighted by Crippen LogP contribution is -2.44. The monoisotopic (exact) mass is 350 g/mol. The van der Waals surface area contributed by atoms with E-state index >= 15 is 0 Å². The van der Waals surface area contributed by atoms with Gasteiger partial charge in [0.25, 0.3) is 0 Å². The van der Waals surface area contributed by atoms with Crippen molar-refractivity contribution in [3.05, 3.63) is 65.7 Å². The normalized spacial score (nSPS) is 22.2. The number of anilines is 1. The first-order valence-corrected chi connectivity index (χ1v) is 8.67. The molecule has 5 heteroatoms. The van der Waals surface area contributed by atoms with Crippen LogP contribution in [-0.2, 0) is 20.8 Å². The predicted octanol–water partition coefficient (Wildman–Crippen LogP) is 2.64. The first-order valence-electron chi connectivity index (χ1n) is 8.67. The molecule has 3 rings (SSSR count). The zero-order valence-electron chi connectivity index (χ0n) is 14.9. The highest BCUT2D eigenvalue weighted by Crippen LogP contribution is 2.27. The second kappa shape index (κ2) is 7.12. The minimum Gasteiger partial charge on any atom is -0.343 e. The third-order valence-electron chi connectivity index (χ3n) is 4.77. The summed E-state index contributed by atoms with van der Waals surface area (Å²) in [6.45, 7) is 3.60. The quantitative estimate of drug-likeness (QED) is 0.814. The number of Topliss-reactive ketones (excluding diaryl/α,β-unsaturated/α-hetero) is 1. The topological polar surface area (TPSA) is 75.3 Å².